The number of carbonyl (C=O) groups is 2. The largest absolute Gasteiger partial charge is 0.444 e. The third kappa shape index (κ3) is 6.58. The number of alkyl carbamates (subject to hydrolysis) is 1. The van der Waals surface area contributed by atoms with E-state index in [-0.39, 0.29) is 5.91 Å². The standard InChI is InChI=1S/C19H26N4O3/c1-14(24)22-17-8-5-7-15(11-17)16-12-21-23(13-16)10-6-9-20-18(25)26-19(2,3)4/h5,7-8,11-13H,6,9-10H2,1-4H3,(H,20,25)(H,22,24). The number of amides is 2. The van der Waals surface area contributed by atoms with Crippen molar-refractivity contribution in [1.82, 2.24) is 15.1 Å². The van der Waals surface area contributed by atoms with Crippen molar-refractivity contribution in [1.29, 1.82) is 0 Å². The van der Waals surface area contributed by atoms with Gasteiger partial charge in [0, 0.05) is 37.5 Å². The van der Waals surface area contributed by atoms with E-state index in [2.05, 4.69) is 15.7 Å². The normalized spacial score (nSPS) is 11.1. The Morgan fingerprint density at radius 2 is 2.00 bits per heavy atom. The zero-order chi connectivity index (χ0) is 19.2. The molecule has 1 aromatic heterocycles. The molecule has 1 heterocycles. The number of carbonyl (C=O) groups excluding carboxylic acids is 2. The maximum atomic E-state index is 11.6. The van der Waals surface area contributed by atoms with Gasteiger partial charge in [-0.05, 0) is 44.9 Å². The van der Waals surface area contributed by atoms with Crippen molar-refractivity contribution in [3.63, 3.8) is 0 Å². The Labute approximate surface area is 153 Å². The number of nitrogens with zero attached hydrogens (tertiary/aromatic N) is 2. The maximum Gasteiger partial charge on any atom is 0.407 e. The quantitative estimate of drug-likeness (QED) is 0.775. The van der Waals surface area contributed by atoms with Crippen molar-refractivity contribution in [2.75, 3.05) is 11.9 Å². The highest BCUT2D eigenvalue weighted by molar-refractivity contribution is 5.89. The number of anilines is 1. The Morgan fingerprint density at radius 1 is 1.23 bits per heavy atom. The average Bonchev–Trinajstić information content (AvgIpc) is 2.98. The monoisotopic (exact) mass is 358 g/mol. The molecule has 0 saturated carbocycles. The molecule has 0 fully saturated rings. The molecule has 0 atom stereocenters. The zero-order valence-electron chi connectivity index (χ0n) is 15.7. The van der Waals surface area contributed by atoms with Crippen LogP contribution in [0, 0.1) is 0 Å². The number of aryl methyl sites for hydroxylation is 1. The average molecular weight is 358 g/mol. The van der Waals surface area contributed by atoms with Crippen LogP contribution < -0.4 is 10.6 Å². The molecule has 0 unspecified atom stereocenters. The lowest BCUT2D eigenvalue weighted by Crippen LogP contribution is -2.33. The molecule has 2 amide bonds. The summed E-state index contributed by atoms with van der Waals surface area (Å²) in [6, 6.07) is 7.61. The molecule has 0 radical (unpaired) electrons. The van der Waals surface area contributed by atoms with Crippen LogP contribution in [0.25, 0.3) is 11.1 Å². The van der Waals surface area contributed by atoms with Crippen LogP contribution in [-0.4, -0.2) is 33.9 Å². The first-order valence-corrected chi connectivity index (χ1v) is 8.60. The molecule has 7 heteroatoms. The molecule has 2 N–H and O–H groups in total. The SMILES string of the molecule is CC(=O)Nc1cccc(-c2cnn(CCCNC(=O)OC(C)(C)C)c2)c1. The van der Waals surface area contributed by atoms with Gasteiger partial charge >= 0.3 is 6.09 Å². The third-order valence-corrected chi connectivity index (χ3v) is 3.38. The van der Waals surface area contributed by atoms with E-state index in [1.165, 1.54) is 6.92 Å². The number of nitrogens with one attached hydrogen (secondary N) is 2. The van der Waals surface area contributed by atoms with Crippen molar-refractivity contribution in [3.8, 4) is 11.1 Å². The molecule has 0 aliphatic carbocycles. The van der Waals surface area contributed by atoms with Crippen molar-refractivity contribution in [2.45, 2.75) is 46.3 Å². The Hall–Kier alpha value is -2.83. The first kappa shape index (κ1) is 19.5. The minimum Gasteiger partial charge on any atom is -0.444 e. The number of benzene rings is 1. The lowest BCUT2D eigenvalue weighted by Gasteiger charge is -2.19. The Balaban J connectivity index is 1.84. The predicted molar refractivity (Wildman–Crippen MR) is 101 cm³/mol. The van der Waals surface area contributed by atoms with Crippen LogP contribution in [0.4, 0.5) is 10.5 Å². The molecule has 0 aliphatic heterocycles. The van der Waals surface area contributed by atoms with Gasteiger partial charge in [-0.15, -0.1) is 0 Å². The van der Waals surface area contributed by atoms with E-state index in [0.29, 0.717) is 13.1 Å². The van der Waals surface area contributed by atoms with Crippen molar-refractivity contribution in [2.24, 2.45) is 0 Å². The van der Waals surface area contributed by atoms with Gasteiger partial charge in [-0.1, -0.05) is 12.1 Å². The third-order valence-electron chi connectivity index (χ3n) is 3.38. The number of aromatic nitrogens is 2. The van der Waals surface area contributed by atoms with Gasteiger partial charge in [0.15, 0.2) is 0 Å². The number of ether oxygens (including phenoxy) is 1. The predicted octanol–water partition coefficient (Wildman–Crippen LogP) is 3.42. The highest BCUT2D eigenvalue weighted by Crippen LogP contribution is 2.22. The lowest BCUT2D eigenvalue weighted by molar-refractivity contribution is -0.114. The fourth-order valence-electron chi connectivity index (χ4n) is 2.36. The second kappa shape index (κ2) is 8.51. The molecule has 0 aliphatic rings. The van der Waals surface area contributed by atoms with Gasteiger partial charge in [-0.2, -0.15) is 5.10 Å². The van der Waals surface area contributed by atoms with Gasteiger partial charge in [0.05, 0.1) is 6.20 Å². The van der Waals surface area contributed by atoms with Gasteiger partial charge in [0.2, 0.25) is 5.91 Å². The number of hydrogen-bond donors (Lipinski definition) is 2. The van der Waals surface area contributed by atoms with Crippen LogP contribution >= 0.6 is 0 Å². The summed E-state index contributed by atoms with van der Waals surface area (Å²) in [6.45, 7) is 8.18. The molecule has 26 heavy (non-hydrogen) atoms. The van der Waals surface area contributed by atoms with Gasteiger partial charge in [-0.3, -0.25) is 9.48 Å². The summed E-state index contributed by atoms with van der Waals surface area (Å²) in [5, 5.41) is 9.85. The molecule has 140 valence electrons. The maximum absolute atomic E-state index is 11.6. The lowest BCUT2D eigenvalue weighted by atomic mass is 10.1. The van der Waals surface area contributed by atoms with Crippen LogP contribution in [0.15, 0.2) is 36.7 Å². The van der Waals surface area contributed by atoms with Crippen LogP contribution in [0.1, 0.15) is 34.1 Å². The van der Waals surface area contributed by atoms with Crippen LogP contribution in [0.5, 0.6) is 0 Å². The van der Waals surface area contributed by atoms with Gasteiger partial charge in [0.25, 0.3) is 0 Å². The fourth-order valence-corrected chi connectivity index (χ4v) is 2.36. The topological polar surface area (TPSA) is 85.3 Å². The smallest absolute Gasteiger partial charge is 0.407 e. The number of hydrogen-bond acceptors (Lipinski definition) is 4. The second-order valence-corrected chi connectivity index (χ2v) is 7.04. The molecule has 7 nitrogen and oxygen atoms in total. The first-order valence-electron chi connectivity index (χ1n) is 8.60. The molecular weight excluding hydrogens is 332 g/mol. The van der Waals surface area contributed by atoms with Crippen molar-refractivity contribution < 1.29 is 14.3 Å². The molecule has 2 aromatic rings. The molecule has 0 bridgehead atoms. The molecule has 1 aromatic carbocycles. The van der Waals surface area contributed by atoms with Gasteiger partial charge in [-0.25, -0.2) is 4.79 Å². The van der Waals surface area contributed by atoms with Gasteiger partial charge in [0.1, 0.15) is 5.60 Å². The van der Waals surface area contributed by atoms with E-state index < -0.39 is 11.7 Å². The fraction of sp³-hybridized carbons (Fsp3) is 0.421. The molecule has 0 saturated heterocycles. The summed E-state index contributed by atoms with van der Waals surface area (Å²) in [7, 11) is 0. The van der Waals surface area contributed by atoms with E-state index in [4.69, 9.17) is 4.74 Å². The summed E-state index contributed by atoms with van der Waals surface area (Å²) in [6.07, 6.45) is 4.06. The van der Waals surface area contributed by atoms with Crippen LogP contribution in [-0.2, 0) is 16.1 Å². The summed E-state index contributed by atoms with van der Waals surface area (Å²) in [4.78, 5) is 22.8. The Bertz CT molecular complexity index is 762. The zero-order valence-corrected chi connectivity index (χ0v) is 15.7. The van der Waals surface area contributed by atoms with Gasteiger partial charge < -0.3 is 15.4 Å². The number of rotatable bonds is 6. The van der Waals surface area contributed by atoms with E-state index >= 15 is 0 Å². The van der Waals surface area contributed by atoms with E-state index in [1.807, 2.05) is 55.9 Å². The summed E-state index contributed by atoms with van der Waals surface area (Å²) in [5.41, 5.74) is 2.21. The molecular formula is C19H26N4O3. The Kier molecular flexibility index (Phi) is 6.38. The summed E-state index contributed by atoms with van der Waals surface area (Å²) < 4.78 is 7.02. The Morgan fingerprint density at radius 3 is 2.69 bits per heavy atom. The second-order valence-electron chi connectivity index (χ2n) is 7.04. The van der Waals surface area contributed by atoms with Crippen molar-refractivity contribution >= 4 is 17.7 Å². The minimum atomic E-state index is -0.493. The molecule has 2 rings (SSSR count). The van der Waals surface area contributed by atoms with Crippen molar-refractivity contribution in [3.05, 3.63) is 36.7 Å². The van der Waals surface area contributed by atoms with Crippen LogP contribution in [0.2, 0.25) is 0 Å². The highest BCUT2D eigenvalue weighted by Gasteiger charge is 2.15. The van der Waals surface area contributed by atoms with E-state index in [1.54, 1.807) is 6.20 Å². The molecule has 0 spiro atoms. The first-order chi connectivity index (χ1) is 12.2. The highest BCUT2D eigenvalue weighted by atomic mass is 16.6. The van der Waals surface area contributed by atoms with E-state index in [9.17, 15) is 9.59 Å². The minimum absolute atomic E-state index is 0.102. The van der Waals surface area contributed by atoms with Crippen LogP contribution in [0.3, 0.4) is 0 Å². The summed E-state index contributed by atoms with van der Waals surface area (Å²) in [5.74, 6) is -0.102. The van der Waals surface area contributed by atoms with E-state index in [0.717, 1.165) is 23.2 Å². The summed E-state index contributed by atoms with van der Waals surface area (Å²) >= 11 is 0.